The van der Waals surface area contributed by atoms with Crippen molar-refractivity contribution in [3.63, 3.8) is 0 Å². The predicted molar refractivity (Wildman–Crippen MR) is 132 cm³/mol. The van der Waals surface area contributed by atoms with Gasteiger partial charge in [0.2, 0.25) is 0 Å². The zero-order valence-corrected chi connectivity index (χ0v) is 20.7. The number of ether oxygens (including phenoxy) is 1. The molecule has 4 heterocycles. The Bertz CT molecular complexity index is 1260. The first-order chi connectivity index (χ1) is 18.2. The van der Waals surface area contributed by atoms with Crippen LogP contribution in [0.4, 0.5) is 24.5 Å². The van der Waals surface area contributed by atoms with Crippen LogP contribution in [0.1, 0.15) is 64.2 Å². The van der Waals surface area contributed by atoms with E-state index in [1.54, 1.807) is 6.07 Å². The maximum Gasteiger partial charge on any atom is 0.433 e. The number of nitrogens with one attached hydrogen (secondary N) is 1. The average molecular weight is 531 g/mol. The monoisotopic (exact) mass is 530 g/mol. The number of rotatable bonds is 5. The van der Waals surface area contributed by atoms with Crippen molar-refractivity contribution < 1.29 is 32.6 Å². The highest BCUT2D eigenvalue weighted by atomic mass is 19.4. The van der Waals surface area contributed by atoms with Gasteiger partial charge in [-0.1, -0.05) is 6.07 Å². The Hall–Kier alpha value is -3.18. The van der Waals surface area contributed by atoms with Gasteiger partial charge in [0, 0.05) is 31.3 Å². The molecule has 1 saturated carbocycles. The van der Waals surface area contributed by atoms with E-state index >= 15 is 0 Å². The molecule has 1 aliphatic carbocycles. The minimum Gasteiger partial charge on any atom is -0.396 e. The van der Waals surface area contributed by atoms with Crippen LogP contribution in [0, 0.1) is 5.92 Å². The Balaban J connectivity index is 1.30. The van der Waals surface area contributed by atoms with Crippen LogP contribution in [0.15, 0.2) is 30.3 Å². The first-order valence-electron chi connectivity index (χ1n) is 13.0. The third-order valence-electron chi connectivity index (χ3n) is 8.30. The van der Waals surface area contributed by atoms with Crippen molar-refractivity contribution in [3.05, 3.63) is 52.8 Å². The third-order valence-corrected chi connectivity index (χ3v) is 8.30. The second-order valence-corrected chi connectivity index (χ2v) is 10.7. The number of anilines is 2. The molecule has 2 N–H and O–H groups in total. The summed E-state index contributed by atoms with van der Waals surface area (Å²) in [4.78, 5) is 34.1. The van der Waals surface area contributed by atoms with Crippen LogP contribution in [0.5, 0.6) is 0 Å². The lowest BCUT2D eigenvalue weighted by Gasteiger charge is -2.34. The minimum absolute atomic E-state index is 0.0493. The largest absolute Gasteiger partial charge is 0.433 e. The predicted octanol–water partition coefficient (Wildman–Crippen LogP) is 3.84. The zero-order chi connectivity index (χ0) is 26.6. The van der Waals surface area contributed by atoms with Gasteiger partial charge in [0.1, 0.15) is 11.4 Å². The summed E-state index contributed by atoms with van der Waals surface area (Å²) in [5, 5.41) is 12.3. The number of aliphatic hydroxyl groups is 1. The van der Waals surface area contributed by atoms with E-state index in [0.29, 0.717) is 36.6 Å². The highest BCUT2D eigenvalue weighted by Gasteiger charge is 2.42. The fourth-order valence-electron chi connectivity index (χ4n) is 6.24. The van der Waals surface area contributed by atoms with Gasteiger partial charge in [0.15, 0.2) is 0 Å². The molecule has 8 nitrogen and oxygen atoms in total. The van der Waals surface area contributed by atoms with Crippen LogP contribution >= 0.6 is 0 Å². The summed E-state index contributed by atoms with van der Waals surface area (Å²) in [6.45, 7) is 1.72. The van der Waals surface area contributed by atoms with E-state index in [1.807, 2.05) is 11.0 Å². The molecule has 3 aliphatic heterocycles. The van der Waals surface area contributed by atoms with Gasteiger partial charge >= 0.3 is 6.18 Å². The molecule has 0 radical (unpaired) electrons. The average Bonchev–Trinajstić information content (AvgIpc) is 3.63. The molecular formula is C27H29F3N4O4. The molecule has 2 aromatic rings. The highest BCUT2D eigenvalue weighted by Crippen LogP contribution is 2.42. The number of hydrogen-bond acceptors (Lipinski definition) is 6. The maximum atomic E-state index is 13.5. The topological polar surface area (TPSA) is 95.0 Å². The van der Waals surface area contributed by atoms with Gasteiger partial charge in [0.05, 0.1) is 30.1 Å². The van der Waals surface area contributed by atoms with E-state index in [1.165, 1.54) is 6.07 Å². The van der Waals surface area contributed by atoms with Gasteiger partial charge in [-0.3, -0.25) is 9.59 Å². The van der Waals surface area contributed by atoms with Crippen LogP contribution in [0.25, 0.3) is 0 Å². The molecule has 2 unspecified atom stereocenters. The summed E-state index contributed by atoms with van der Waals surface area (Å²) in [6.07, 6.45) is -0.358. The maximum absolute atomic E-state index is 13.5. The molecular weight excluding hydrogens is 501 g/mol. The first-order valence-corrected chi connectivity index (χ1v) is 13.0. The number of fused-ring (bicyclic) bond motifs is 3. The molecule has 2 bridgehead atoms. The molecule has 2 amide bonds. The third kappa shape index (κ3) is 4.51. The molecule has 6 rings (SSSR count). The summed E-state index contributed by atoms with van der Waals surface area (Å²) in [5.74, 6) is -0.523. The van der Waals surface area contributed by atoms with E-state index in [-0.39, 0.29) is 42.3 Å². The smallest absolute Gasteiger partial charge is 0.396 e. The summed E-state index contributed by atoms with van der Waals surface area (Å²) < 4.78 is 45.2. The molecule has 1 aromatic heterocycles. The van der Waals surface area contributed by atoms with Crippen molar-refractivity contribution >= 4 is 23.2 Å². The number of hydrogen-bond donors (Lipinski definition) is 2. The first kappa shape index (κ1) is 25.1. The van der Waals surface area contributed by atoms with Gasteiger partial charge in [-0.15, -0.1) is 0 Å². The summed E-state index contributed by atoms with van der Waals surface area (Å²) >= 11 is 0. The Morgan fingerprint density at radius 1 is 1.13 bits per heavy atom. The number of amides is 2. The molecule has 38 heavy (non-hydrogen) atoms. The minimum atomic E-state index is -4.66. The van der Waals surface area contributed by atoms with Gasteiger partial charge in [0.25, 0.3) is 11.8 Å². The van der Waals surface area contributed by atoms with Gasteiger partial charge in [-0.05, 0) is 67.9 Å². The fourth-order valence-corrected chi connectivity index (χ4v) is 6.24. The van der Waals surface area contributed by atoms with E-state index in [0.717, 1.165) is 49.8 Å². The van der Waals surface area contributed by atoms with Gasteiger partial charge in [-0.2, -0.15) is 13.2 Å². The second-order valence-electron chi connectivity index (χ2n) is 10.7. The van der Waals surface area contributed by atoms with Gasteiger partial charge in [-0.25, -0.2) is 4.98 Å². The number of carbonyl (C=O) groups excluding carboxylic acids is 2. The lowest BCUT2D eigenvalue weighted by atomic mass is 9.86. The fraction of sp³-hybridized carbons (Fsp3) is 0.519. The Kier molecular flexibility index (Phi) is 6.30. The number of halogens is 3. The lowest BCUT2D eigenvalue weighted by Crippen LogP contribution is -2.39. The standard InChI is InChI=1S/C27H29F3N4O4/c28-27(29,30)24-3-1-2-21(31-24)25(36)32-22-8-16-11-34(17-6-4-15(13-35)5-7-17)26(37)20(16)10-23(22)33-12-19-9-18(33)14-38-19/h1-3,8,10,15,17-19,35H,4-7,9,11-14H2,(H,32,36). The molecule has 11 heteroatoms. The quantitative estimate of drug-likeness (QED) is 0.610. The zero-order valence-electron chi connectivity index (χ0n) is 20.7. The number of alkyl halides is 3. The van der Waals surface area contributed by atoms with Crippen LogP contribution < -0.4 is 10.2 Å². The number of benzene rings is 1. The number of aromatic nitrogens is 1. The number of nitrogens with zero attached hydrogens (tertiary/aromatic N) is 3. The molecule has 4 aliphatic rings. The SMILES string of the molecule is O=C(Nc1cc2c(cc1N1CC3CC1CO3)C(=O)N(C1CCC(CO)CC1)C2)c1cccc(C(F)(F)F)n1. The van der Waals surface area contributed by atoms with E-state index in [9.17, 15) is 27.9 Å². The number of carbonyl (C=O) groups is 2. The molecule has 2 atom stereocenters. The Labute approximate surface area is 217 Å². The number of aliphatic hydroxyl groups excluding tert-OH is 1. The Morgan fingerprint density at radius 2 is 1.92 bits per heavy atom. The molecule has 1 aromatic carbocycles. The Morgan fingerprint density at radius 3 is 2.58 bits per heavy atom. The van der Waals surface area contributed by atoms with Crippen molar-refractivity contribution in [2.45, 2.75) is 63.0 Å². The lowest BCUT2D eigenvalue weighted by molar-refractivity contribution is -0.141. The van der Waals surface area contributed by atoms with Crippen molar-refractivity contribution in [2.75, 3.05) is 30.0 Å². The van der Waals surface area contributed by atoms with Gasteiger partial charge < -0.3 is 25.0 Å². The van der Waals surface area contributed by atoms with E-state index in [4.69, 9.17) is 4.74 Å². The molecule has 2 saturated heterocycles. The van der Waals surface area contributed by atoms with E-state index < -0.39 is 17.8 Å². The van der Waals surface area contributed by atoms with Crippen molar-refractivity contribution in [1.82, 2.24) is 9.88 Å². The highest BCUT2D eigenvalue weighted by molar-refractivity contribution is 6.07. The molecule has 0 spiro atoms. The normalized spacial score (nSPS) is 26.7. The van der Waals surface area contributed by atoms with Crippen molar-refractivity contribution in [1.29, 1.82) is 0 Å². The van der Waals surface area contributed by atoms with Crippen molar-refractivity contribution in [3.8, 4) is 0 Å². The van der Waals surface area contributed by atoms with Crippen LogP contribution in [0.3, 0.4) is 0 Å². The summed E-state index contributed by atoms with van der Waals surface area (Å²) in [5.41, 5.74) is 0.999. The van der Waals surface area contributed by atoms with E-state index in [2.05, 4.69) is 15.2 Å². The van der Waals surface area contributed by atoms with Crippen LogP contribution in [0.2, 0.25) is 0 Å². The summed E-state index contributed by atoms with van der Waals surface area (Å²) in [6, 6.07) is 7.01. The van der Waals surface area contributed by atoms with Crippen LogP contribution in [-0.2, 0) is 17.5 Å². The molecule has 202 valence electrons. The number of morpholine rings is 1. The molecule has 3 fully saturated rings. The van der Waals surface area contributed by atoms with Crippen LogP contribution in [-0.4, -0.2) is 64.8 Å². The van der Waals surface area contributed by atoms with Crippen molar-refractivity contribution in [2.24, 2.45) is 5.92 Å². The second kappa shape index (κ2) is 9.53. The number of pyridine rings is 1. The summed E-state index contributed by atoms with van der Waals surface area (Å²) in [7, 11) is 0.